The molecule has 188 valence electrons. The summed E-state index contributed by atoms with van der Waals surface area (Å²) < 4.78 is 16.0. The summed E-state index contributed by atoms with van der Waals surface area (Å²) >= 11 is 0. The normalized spacial score (nSPS) is 13.0. The minimum Gasteiger partial charge on any atom is -0.496 e. The van der Waals surface area contributed by atoms with Crippen molar-refractivity contribution in [2.45, 2.75) is 19.4 Å². The summed E-state index contributed by atoms with van der Waals surface area (Å²) in [6, 6.07) is 15.8. The molecule has 1 heterocycles. The number of nitro benzene ring substituents is 1. The van der Waals surface area contributed by atoms with Gasteiger partial charge < -0.3 is 19.5 Å². The standard InChI is InChI=1S/C27H29N3O6/c1-34-24-13-20(12-23(16-24)30(32)33)27(31)28-22-6-4-18(5-7-22)8-10-29-11-9-19-14-25(35-2)26(36-3)15-21(19)17-29/h4-7,12-16H,8-11,17H2,1-3H3,(H,28,31). The lowest BCUT2D eigenvalue weighted by atomic mass is 9.98. The molecule has 0 aliphatic carbocycles. The molecule has 0 radical (unpaired) electrons. The number of amides is 1. The second kappa shape index (κ2) is 11.1. The predicted octanol–water partition coefficient (Wildman–Crippen LogP) is 4.47. The number of carbonyl (C=O) groups is 1. The number of nitrogens with zero attached hydrogens (tertiary/aromatic N) is 2. The Hall–Kier alpha value is -4.11. The van der Waals surface area contributed by atoms with Crippen LogP contribution in [0, 0.1) is 10.1 Å². The van der Waals surface area contributed by atoms with Gasteiger partial charge in [0.1, 0.15) is 5.75 Å². The van der Waals surface area contributed by atoms with Crippen LogP contribution in [-0.4, -0.2) is 50.1 Å². The molecule has 1 N–H and O–H groups in total. The first kappa shape index (κ1) is 25.0. The van der Waals surface area contributed by atoms with Gasteiger partial charge >= 0.3 is 0 Å². The number of hydrogen-bond acceptors (Lipinski definition) is 7. The average Bonchev–Trinajstić information content (AvgIpc) is 2.91. The second-order valence-corrected chi connectivity index (χ2v) is 8.58. The lowest BCUT2D eigenvalue weighted by Gasteiger charge is -2.29. The summed E-state index contributed by atoms with van der Waals surface area (Å²) in [5, 5.41) is 13.9. The molecule has 0 saturated heterocycles. The summed E-state index contributed by atoms with van der Waals surface area (Å²) in [4.78, 5) is 25.6. The molecule has 3 aromatic carbocycles. The van der Waals surface area contributed by atoms with Crippen LogP contribution in [0.25, 0.3) is 0 Å². The highest BCUT2D eigenvalue weighted by atomic mass is 16.6. The molecule has 0 aromatic heterocycles. The number of anilines is 1. The van der Waals surface area contributed by atoms with Crippen molar-refractivity contribution in [1.82, 2.24) is 4.90 Å². The molecule has 36 heavy (non-hydrogen) atoms. The zero-order chi connectivity index (χ0) is 25.7. The summed E-state index contributed by atoms with van der Waals surface area (Å²) in [7, 11) is 4.70. The number of nitro groups is 1. The van der Waals surface area contributed by atoms with E-state index in [0.29, 0.717) is 5.69 Å². The van der Waals surface area contributed by atoms with Gasteiger partial charge in [-0.15, -0.1) is 0 Å². The molecular weight excluding hydrogens is 462 g/mol. The van der Waals surface area contributed by atoms with Crippen LogP contribution in [0.5, 0.6) is 17.2 Å². The molecule has 0 saturated carbocycles. The number of hydrogen-bond donors (Lipinski definition) is 1. The maximum Gasteiger partial charge on any atom is 0.273 e. The monoisotopic (exact) mass is 491 g/mol. The van der Waals surface area contributed by atoms with Crippen molar-refractivity contribution < 1.29 is 23.9 Å². The Labute approximate surface area is 209 Å². The molecule has 0 bridgehead atoms. The fourth-order valence-electron chi connectivity index (χ4n) is 4.32. The van der Waals surface area contributed by atoms with Crippen LogP contribution >= 0.6 is 0 Å². The molecule has 9 heteroatoms. The smallest absolute Gasteiger partial charge is 0.273 e. The second-order valence-electron chi connectivity index (χ2n) is 8.58. The van der Waals surface area contributed by atoms with Gasteiger partial charge in [0.05, 0.1) is 37.9 Å². The maximum atomic E-state index is 12.6. The van der Waals surface area contributed by atoms with Crippen molar-refractivity contribution in [2.24, 2.45) is 0 Å². The zero-order valence-electron chi connectivity index (χ0n) is 20.6. The predicted molar refractivity (Wildman–Crippen MR) is 136 cm³/mol. The maximum absolute atomic E-state index is 12.6. The molecule has 4 rings (SSSR count). The number of fused-ring (bicyclic) bond motifs is 1. The van der Waals surface area contributed by atoms with Crippen molar-refractivity contribution >= 4 is 17.3 Å². The van der Waals surface area contributed by atoms with Gasteiger partial charge in [-0.2, -0.15) is 0 Å². The Balaban J connectivity index is 1.35. The number of non-ortho nitro benzene ring substituents is 1. The largest absolute Gasteiger partial charge is 0.496 e. The van der Waals surface area contributed by atoms with E-state index in [1.807, 2.05) is 24.3 Å². The highest BCUT2D eigenvalue weighted by molar-refractivity contribution is 6.05. The van der Waals surface area contributed by atoms with E-state index in [2.05, 4.69) is 22.3 Å². The van der Waals surface area contributed by atoms with Crippen LogP contribution in [0.15, 0.2) is 54.6 Å². The first-order chi connectivity index (χ1) is 17.4. The minimum atomic E-state index is -0.553. The summed E-state index contributed by atoms with van der Waals surface area (Å²) in [5.41, 5.74) is 4.28. The van der Waals surface area contributed by atoms with Gasteiger partial charge in [0.2, 0.25) is 0 Å². The Morgan fingerprint density at radius 2 is 1.67 bits per heavy atom. The lowest BCUT2D eigenvalue weighted by molar-refractivity contribution is -0.384. The lowest BCUT2D eigenvalue weighted by Crippen LogP contribution is -2.32. The molecule has 0 fully saturated rings. The third-order valence-electron chi connectivity index (χ3n) is 6.33. The van der Waals surface area contributed by atoms with E-state index in [4.69, 9.17) is 14.2 Å². The van der Waals surface area contributed by atoms with E-state index in [1.54, 1.807) is 14.2 Å². The van der Waals surface area contributed by atoms with Gasteiger partial charge in [-0.25, -0.2) is 0 Å². The quantitative estimate of drug-likeness (QED) is 0.348. The molecular formula is C27H29N3O6. The van der Waals surface area contributed by atoms with Crippen LogP contribution in [0.2, 0.25) is 0 Å². The summed E-state index contributed by atoms with van der Waals surface area (Å²) in [5.74, 6) is 1.33. The first-order valence-corrected chi connectivity index (χ1v) is 11.6. The van der Waals surface area contributed by atoms with E-state index in [-0.39, 0.29) is 17.0 Å². The van der Waals surface area contributed by atoms with Gasteiger partial charge in [0.15, 0.2) is 11.5 Å². The highest BCUT2D eigenvalue weighted by Crippen LogP contribution is 2.33. The Kier molecular flexibility index (Phi) is 7.70. The van der Waals surface area contributed by atoms with Crippen molar-refractivity contribution in [3.63, 3.8) is 0 Å². The Bertz CT molecular complexity index is 1260. The highest BCUT2D eigenvalue weighted by Gasteiger charge is 2.19. The first-order valence-electron chi connectivity index (χ1n) is 11.6. The minimum absolute atomic E-state index is 0.157. The van der Waals surface area contributed by atoms with E-state index >= 15 is 0 Å². The fourth-order valence-corrected chi connectivity index (χ4v) is 4.32. The van der Waals surface area contributed by atoms with E-state index in [1.165, 1.54) is 36.4 Å². The van der Waals surface area contributed by atoms with E-state index in [0.717, 1.165) is 49.5 Å². The van der Waals surface area contributed by atoms with Crippen LogP contribution in [-0.2, 0) is 19.4 Å². The zero-order valence-corrected chi connectivity index (χ0v) is 20.6. The number of methoxy groups -OCH3 is 3. The SMILES string of the molecule is COc1cc(C(=O)Nc2ccc(CCN3CCc4cc(OC)c(OC)cc4C3)cc2)cc([N+](=O)[O-])c1. The van der Waals surface area contributed by atoms with Crippen molar-refractivity contribution in [1.29, 1.82) is 0 Å². The third kappa shape index (κ3) is 5.75. The topological polar surface area (TPSA) is 103 Å². The van der Waals surface area contributed by atoms with E-state index in [9.17, 15) is 14.9 Å². The van der Waals surface area contributed by atoms with Gasteiger partial charge in [0.25, 0.3) is 11.6 Å². The molecule has 0 spiro atoms. The van der Waals surface area contributed by atoms with Crippen molar-refractivity contribution in [3.05, 3.63) is 87.0 Å². The molecule has 3 aromatic rings. The summed E-state index contributed by atoms with van der Waals surface area (Å²) in [6.45, 7) is 2.74. The molecule has 9 nitrogen and oxygen atoms in total. The fraction of sp³-hybridized carbons (Fsp3) is 0.296. The van der Waals surface area contributed by atoms with Gasteiger partial charge in [-0.1, -0.05) is 12.1 Å². The molecule has 1 amide bonds. The van der Waals surface area contributed by atoms with Crippen molar-refractivity contribution in [2.75, 3.05) is 39.7 Å². The number of ether oxygens (including phenoxy) is 3. The average molecular weight is 492 g/mol. The number of carbonyl (C=O) groups excluding carboxylic acids is 1. The van der Waals surface area contributed by atoms with Crippen LogP contribution in [0.3, 0.4) is 0 Å². The molecule has 1 aliphatic rings. The third-order valence-corrected chi connectivity index (χ3v) is 6.33. The van der Waals surface area contributed by atoms with Gasteiger partial charge in [-0.05, 0) is 59.9 Å². The summed E-state index contributed by atoms with van der Waals surface area (Å²) in [6.07, 6.45) is 1.84. The van der Waals surface area contributed by atoms with Crippen LogP contribution < -0.4 is 19.5 Å². The van der Waals surface area contributed by atoms with Crippen LogP contribution in [0.1, 0.15) is 27.0 Å². The number of rotatable bonds is 9. The Morgan fingerprint density at radius 3 is 2.31 bits per heavy atom. The van der Waals surface area contributed by atoms with Gasteiger partial charge in [-0.3, -0.25) is 19.8 Å². The van der Waals surface area contributed by atoms with Crippen molar-refractivity contribution in [3.8, 4) is 17.2 Å². The Morgan fingerprint density at radius 1 is 0.972 bits per heavy atom. The number of benzene rings is 3. The number of nitrogens with one attached hydrogen (secondary N) is 1. The molecule has 0 unspecified atom stereocenters. The van der Waals surface area contributed by atoms with Crippen LogP contribution in [0.4, 0.5) is 11.4 Å². The van der Waals surface area contributed by atoms with Gasteiger partial charge in [0, 0.05) is 31.4 Å². The molecule has 1 aliphatic heterocycles. The van der Waals surface area contributed by atoms with E-state index < -0.39 is 10.8 Å². The molecule has 0 atom stereocenters.